The van der Waals surface area contributed by atoms with Crippen molar-refractivity contribution in [1.82, 2.24) is 10.2 Å². The van der Waals surface area contributed by atoms with Crippen molar-refractivity contribution in [3.63, 3.8) is 0 Å². The number of hydrogen-bond acceptors (Lipinski definition) is 3. The summed E-state index contributed by atoms with van der Waals surface area (Å²) in [6.07, 6.45) is 6.84. The van der Waals surface area contributed by atoms with Crippen molar-refractivity contribution in [3.05, 3.63) is 67.7 Å². The lowest BCUT2D eigenvalue weighted by Gasteiger charge is -2.12. The Kier molecular flexibility index (Phi) is 6.22. The molecule has 1 heterocycles. The van der Waals surface area contributed by atoms with E-state index in [9.17, 15) is 9.59 Å². The number of nitrogens with one attached hydrogen (secondary N) is 1. The van der Waals surface area contributed by atoms with E-state index in [0.717, 1.165) is 11.1 Å². The van der Waals surface area contributed by atoms with E-state index >= 15 is 0 Å². The number of ether oxygens (including phenoxy) is 1. The van der Waals surface area contributed by atoms with E-state index in [4.69, 9.17) is 11.2 Å². The maximum atomic E-state index is 12.7. The zero-order chi connectivity index (χ0) is 20.3. The number of hydrogen-bond donors (Lipinski definition) is 1. The van der Waals surface area contributed by atoms with Crippen LogP contribution in [0.1, 0.15) is 16.7 Å². The molecule has 0 aromatic heterocycles. The number of halogens is 2. The van der Waals surface area contributed by atoms with Gasteiger partial charge in [-0.25, -0.2) is 4.79 Å². The molecule has 1 N–H and O–H groups in total. The first-order chi connectivity index (χ1) is 13.4. The number of carbonyl (C=O) groups excluding carboxylic acids is 2. The van der Waals surface area contributed by atoms with Crippen molar-refractivity contribution in [2.45, 2.75) is 13.5 Å². The van der Waals surface area contributed by atoms with Crippen LogP contribution in [0.3, 0.4) is 0 Å². The predicted octanol–water partition coefficient (Wildman–Crippen LogP) is 4.62. The highest BCUT2D eigenvalue weighted by atomic mass is 79.9. The summed E-state index contributed by atoms with van der Waals surface area (Å²) in [5.74, 6) is 2.61. The zero-order valence-electron chi connectivity index (χ0n) is 15.0. The molecule has 0 spiro atoms. The fourth-order valence-corrected chi connectivity index (χ4v) is 4.24. The third-order valence-electron chi connectivity index (χ3n) is 4.02. The van der Waals surface area contributed by atoms with Crippen molar-refractivity contribution >= 4 is 49.9 Å². The van der Waals surface area contributed by atoms with Gasteiger partial charge in [-0.1, -0.05) is 35.7 Å². The van der Waals surface area contributed by atoms with Gasteiger partial charge in [-0.15, -0.1) is 6.42 Å². The van der Waals surface area contributed by atoms with Gasteiger partial charge in [0.25, 0.3) is 5.91 Å². The van der Waals surface area contributed by atoms with Gasteiger partial charge >= 0.3 is 6.03 Å². The summed E-state index contributed by atoms with van der Waals surface area (Å²) in [5, 5.41) is 2.64. The SMILES string of the molecule is C#CCOc1c(Br)cc(/C=C2/NC(=O)N(Cc3cccc(C)c3)C2=O)cc1Br. The predicted molar refractivity (Wildman–Crippen MR) is 114 cm³/mol. The minimum Gasteiger partial charge on any atom is -0.479 e. The highest BCUT2D eigenvalue weighted by molar-refractivity contribution is 9.11. The molecule has 3 amide bonds. The van der Waals surface area contributed by atoms with Crippen LogP contribution in [0.5, 0.6) is 5.75 Å². The van der Waals surface area contributed by atoms with Crippen LogP contribution < -0.4 is 10.1 Å². The molecular weight excluding hydrogens is 488 g/mol. The van der Waals surface area contributed by atoms with Gasteiger partial charge in [0.1, 0.15) is 18.1 Å². The Labute approximate surface area is 180 Å². The number of nitrogens with zero attached hydrogens (tertiary/aromatic N) is 1. The van der Waals surface area contributed by atoms with Crippen LogP contribution in [-0.4, -0.2) is 23.4 Å². The van der Waals surface area contributed by atoms with E-state index < -0.39 is 6.03 Å². The van der Waals surface area contributed by atoms with E-state index in [1.165, 1.54) is 4.90 Å². The molecule has 0 bridgehead atoms. The highest BCUT2D eigenvalue weighted by Gasteiger charge is 2.33. The van der Waals surface area contributed by atoms with Crippen LogP contribution in [-0.2, 0) is 11.3 Å². The lowest BCUT2D eigenvalue weighted by atomic mass is 10.1. The van der Waals surface area contributed by atoms with E-state index in [2.05, 4.69) is 43.1 Å². The maximum Gasteiger partial charge on any atom is 0.329 e. The lowest BCUT2D eigenvalue weighted by Crippen LogP contribution is -2.30. The molecule has 1 aliphatic heterocycles. The second-order valence-electron chi connectivity index (χ2n) is 6.17. The lowest BCUT2D eigenvalue weighted by molar-refractivity contribution is -0.123. The van der Waals surface area contributed by atoms with Gasteiger partial charge in [-0.05, 0) is 68.1 Å². The summed E-state index contributed by atoms with van der Waals surface area (Å²) < 4.78 is 6.83. The smallest absolute Gasteiger partial charge is 0.329 e. The summed E-state index contributed by atoms with van der Waals surface area (Å²) in [5.41, 5.74) is 2.90. The second kappa shape index (κ2) is 8.63. The monoisotopic (exact) mass is 502 g/mol. The number of benzene rings is 2. The van der Waals surface area contributed by atoms with Crippen LogP contribution in [0, 0.1) is 19.3 Å². The second-order valence-corrected chi connectivity index (χ2v) is 7.88. The number of imide groups is 1. The first-order valence-corrected chi connectivity index (χ1v) is 9.93. The standard InChI is InChI=1S/C21H16Br2N2O3/c1-3-7-28-19-16(22)9-15(10-17(19)23)11-18-20(26)25(21(27)24-18)12-14-6-4-5-13(2)8-14/h1,4-6,8-11H,7,12H2,2H3,(H,24,27)/b18-11+. The molecule has 0 saturated carbocycles. The molecule has 0 unspecified atom stereocenters. The number of aryl methyl sites for hydroxylation is 1. The third kappa shape index (κ3) is 4.46. The van der Waals surface area contributed by atoms with Gasteiger partial charge in [0.15, 0.2) is 0 Å². The topological polar surface area (TPSA) is 58.6 Å². The molecule has 2 aromatic carbocycles. The number of urea groups is 1. The number of rotatable bonds is 5. The fourth-order valence-electron chi connectivity index (χ4n) is 2.79. The zero-order valence-corrected chi connectivity index (χ0v) is 18.1. The Balaban J connectivity index is 1.82. The summed E-state index contributed by atoms with van der Waals surface area (Å²) in [4.78, 5) is 26.2. The van der Waals surface area contributed by atoms with Crippen LogP contribution in [0.25, 0.3) is 6.08 Å². The summed E-state index contributed by atoms with van der Waals surface area (Å²) in [7, 11) is 0. The largest absolute Gasteiger partial charge is 0.479 e. The van der Waals surface area contributed by atoms with E-state index in [1.807, 2.05) is 31.2 Å². The number of amides is 3. The van der Waals surface area contributed by atoms with Crippen molar-refractivity contribution in [1.29, 1.82) is 0 Å². The normalized spacial score (nSPS) is 14.9. The fraction of sp³-hybridized carbons (Fsp3) is 0.143. The van der Waals surface area contributed by atoms with Gasteiger partial charge in [-0.3, -0.25) is 9.69 Å². The Hall–Kier alpha value is -2.56. The molecule has 1 aliphatic rings. The highest BCUT2D eigenvalue weighted by Crippen LogP contribution is 2.35. The summed E-state index contributed by atoms with van der Waals surface area (Å²) in [6.45, 7) is 2.32. The molecule has 5 nitrogen and oxygen atoms in total. The average Bonchev–Trinajstić information content (AvgIpc) is 2.89. The maximum absolute atomic E-state index is 12.7. The van der Waals surface area contributed by atoms with E-state index in [0.29, 0.717) is 20.3 Å². The van der Waals surface area contributed by atoms with Gasteiger partial charge in [-0.2, -0.15) is 0 Å². The first kappa shape index (κ1) is 20.2. The molecule has 0 atom stereocenters. The Morgan fingerprint density at radius 3 is 2.57 bits per heavy atom. The van der Waals surface area contributed by atoms with Gasteiger partial charge < -0.3 is 10.1 Å². The molecule has 142 valence electrons. The summed E-state index contributed by atoms with van der Waals surface area (Å²) >= 11 is 6.86. The van der Waals surface area contributed by atoms with Gasteiger partial charge in [0, 0.05) is 0 Å². The third-order valence-corrected chi connectivity index (χ3v) is 5.20. The van der Waals surface area contributed by atoms with E-state index in [-0.39, 0.29) is 24.8 Å². The summed E-state index contributed by atoms with van der Waals surface area (Å²) in [6, 6.07) is 10.8. The minimum atomic E-state index is -0.440. The Bertz CT molecular complexity index is 1000. The Morgan fingerprint density at radius 2 is 1.93 bits per heavy atom. The van der Waals surface area contributed by atoms with Crippen LogP contribution in [0.2, 0.25) is 0 Å². The molecule has 1 fully saturated rings. The molecule has 1 saturated heterocycles. The molecule has 28 heavy (non-hydrogen) atoms. The molecule has 0 radical (unpaired) electrons. The molecule has 3 rings (SSSR count). The van der Waals surface area contributed by atoms with Crippen molar-refractivity contribution in [3.8, 4) is 18.1 Å². The van der Waals surface area contributed by atoms with Gasteiger partial charge in [0.2, 0.25) is 0 Å². The van der Waals surface area contributed by atoms with Crippen LogP contribution in [0.4, 0.5) is 4.79 Å². The minimum absolute atomic E-state index is 0.139. The molecule has 7 heteroatoms. The van der Waals surface area contributed by atoms with Crippen molar-refractivity contribution < 1.29 is 14.3 Å². The van der Waals surface area contributed by atoms with Crippen LogP contribution in [0.15, 0.2) is 51.0 Å². The number of carbonyl (C=O) groups is 2. The first-order valence-electron chi connectivity index (χ1n) is 8.34. The van der Waals surface area contributed by atoms with Gasteiger partial charge in [0.05, 0.1) is 15.5 Å². The van der Waals surface area contributed by atoms with Crippen molar-refractivity contribution in [2.24, 2.45) is 0 Å². The molecule has 2 aromatic rings. The molecule has 0 aliphatic carbocycles. The molecular formula is C21H16Br2N2O3. The Morgan fingerprint density at radius 1 is 1.21 bits per heavy atom. The average molecular weight is 504 g/mol. The van der Waals surface area contributed by atoms with Crippen molar-refractivity contribution in [2.75, 3.05) is 6.61 Å². The van der Waals surface area contributed by atoms with E-state index in [1.54, 1.807) is 18.2 Å². The van der Waals surface area contributed by atoms with Crippen LogP contribution >= 0.6 is 31.9 Å². The quantitative estimate of drug-likeness (QED) is 0.368. The number of terminal acetylenes is 1.